The fraction of sp³-hybridized carbons (Fsp3) is 0.706. The molecule has 0 radical (unpaired) electrons. The molecule has 1 fully saturated rings. The molecule has 2 heterocycles. The van der Waals surface area contributed by atoms with Gasteiger partial charge in [-0.3, -0.25) is 0 Å². The van der Waals surface area contributed by atoms with Gasteiger partial charge in [-0.25, -0.2) is 4.98 Å². The van der Waals surface area contributed by atoms with Crippen molar-refractivity contribution in [2.24, 2.45) is 0 Å². The summed E-state index contributed by atoms with van der Waals surface area (Å²) in [4.78, 5) is 7.33. The maximum absolute atomic E-state index is 5.63. The van der Waals surface area contributed by atoms with Crippen LogP contribution in [0.1, 0.15) is 45.9 Å². The molecular formula is C17H29N3O. The van der Waals surface area contributed by atoms with Gasteiger partial charge < -0.3 is 15.0 Å². The zero-order valence-electron chi connectivity index (χ0n) is 14.3. The van der Waals surface area contributed by atoms with Gasteiger partial charge in [-0.05, 0) is 38.6 Å². The quantitative estimate of drug-likeness (QED) is 0.929. The van der Waals surface area contributed by atoms with E-state index < -0.39 is 0 Å². The van der Waals surface area contributed by atoms with Gasteiger partial charge in [0, 0.05) is 24.2 Å². The Hall–Kier alpha value is -1.13. The molecule has 21 heavy (non-hydrogen) atoms. The van der Waals surface area contributed by atoms with Crippen LogP contribution in [0.3, 0.4) is 0 Å². The van der Waals surface area contributed by atoms with E-state index in [1.165, 1.54) is 5.56 Å². The number of nitrogens with one attached hydrogen (secondary N) is 1. The number of morpholine rings is 1. The summed E-state index contributed by atoms with van der Waals surface area (Å²) < 4.78 is 5.63. The van der Waals surface area contributed by atoms with Crippen LogP contribution in [0, 0.1) is 0 Å². The molecule has 0 amide bonds. The maximum atomic E-state index is 5.63. The first-order valence-corrected chi connectivity index (χ1v) is 7.75. The molecule has 1 aromatic heterocycles. The molecule has 1 N–H and O–H groups in total. The number of pyridine rings is 1. The molecule has 1 aromatic rings. The van der Waals surface area contributed by atoms with Gasteiger partial charge in [-0.2, -0.15) is 0 Å². The van der Waals surface area contributed by atoms with Crippen LogP contribution in [-0.2, 0) is 16.7 Å². The number of ether oxygens (including phenoxy) is 1. The second-order valence-corrected chi connectivity index (χ2v) is 7.52. The van der Waals surface area contributed by atoms with Crippen LogP contribution < -0.4 is 10.2 Å². The van der Waals surface area contributed by atoms with E-state index >= 15 is 0 Å². The smallest absolute Gasteiger partial charge is 0.129 e. The summed E-state index contributed by atoms with van der Waals surface area (Å²) in [6.45, 7) is 14.4. The number of anilines is 1. The van der Waals surface area contributed by atoms with Crippen molar-refractivity contribution >= 4 is 5.82 Å². The van der Waals surface area contributed by atoms with E-state index in [1.54, 1.807) is 0 Å². The van der Waals surface area contributed by atoms with Gasteiger partial charge in [0.2, 0.25) is 0 Å². The molecule has 0 atom stereocenters. The highest BCUT2D eigenvalue weighted by molar-refractivity contribution is 5.47. The predicted molar refractivity (Wildman–Crippen MR) is 87.9 cm³/mol. The molecule has 0 unspecified atom stereocenters. The number of aromatic nitrogens is 1. The first kappa shape index (κ1) is 16.2. The molecular weight excluding hydrogens is 262 g/mol. The fourth-order valence-corrected chi connectivity index (χ4v) is 2.68. The lowest BCUT2D eigenvalue weighted by atomic mass is 9.90. The van der Waals surface area contributed by atoms with Crippen molar-refractivity contribution in [3.63, 3.8) is 0 Å². The first-order chi connectivity index (χ1) is 9.74. The average molecular weight is 291 g/mol. The zero-order chi connectivity index (χ0) is 15.7. The highest BCUT2D eigenvalue weighted by Gasteiger charge is 2.32. The third kappa shape index (κ3) is 3.74. The van der Waals surface area contributed by atoms with Gasteiger partial charge in [0.05, 0.1) is 18.8 Å². The molecule has 1 aliphatic rings. The van der Waals surface area contributed by atoms with Gasteiger partial charge in [0.15, 0.2) is 0 Å². The summed E-state index contributed by atoms with van der Waals surface area (Å²) in [5, 5.41) is 3.24. The number of hydrogen-bond acceptors (Lipinski definition) is 4. The zero-order valence-corrected chi connectivity index (χ0v) is 14.3. The Kier molecular flexibility index (Phi) is 4.59. The van der Waals surface area contributed by atoms with Crippen molar-refractivity contribution in [2.75, 3.05) is 31.7 Å². The van der Waals surface area contributed by atoms with E-state index in [0.29, 0.717) is 0 Å². The minimum absolute atomic E-state index is 0.0152. The van der Waals surface area contributed by atoms with Crippen molar-refractivity contribution in [3.8, 4) is 0 Å². The van der Waals surface area contributed by atoms with Crippen LogP contribution in [0.4, 0.5) is 5.82 Å². The maximum Gasteiger partial charge on any atom is 0.129 e. The van der Waals surface area contributed by atoms with E-state index in [2.05, 4.69) is 57.0 Å². The minimum Gasteiger partial charge on any atom is -0.377 e. The van der Waals surface area contributed by atoms with E-state index in [-0.39, 0.29) is 11.0 Å². The third-order valence-electron chi connectivity index (χ3n) is 3.94. The summed E-state index contributed by atoms with van der Waals surface area (Å²) in [6.07, 6.45) is 0. The van der Waals surface area contributed by atoms with Crippen LogP contribution in [0.2, 0.25) is 0 Å². The van der Waals surface area contributed by atoms with Crippen LogP contribution >= 0.6 is 0 Å². The van der Waals surface area contributed by atoms with Crippen LogP contribution in [0.25, 0.3) is 0 Å². The molecule has 0 spiro atoms. The highest BCUT2D eigenvalue weighted by Crippen LogP contribution is 2.29. The van der Waals surface area contributed by atoms with E-state index in [0.717, 1.165) is 37.8 Å². The summed E-state index contributed by atoms with van der Waals surface area (Å²) in [6, 6.07) is 4.42. The molecule has 0 saturated carbocycles. The lowest BCUT2D eigenvalue weighted by Crippen LogP contribution is -2.53. The number of rotatable bonds is 3. The van der Waals surface area contributed by atoms with Gasteiger partial charge in [0.1, 0.15) is 5.82 Å². The van der Waals surface area contributed by atoms with Crippen molar-refractivity contribution in [1.82, 2.24) is 10.3 Å². The lowest BCUT2D eigenvalue weighted by Gasteiger charge is -2.43. The normalized spacial score (nSPS) is 18.9. The van der Waals surface area contributed by atoms with Gasteiger partial charge in [0.25, 0.3) is 0 Å². The minimum atomic E-state index is -0.0152. The Labute approximate surface area is 128 Å². The van der Waals surface area contributed by atoms with Gasteiger partial charge in [-0.15, -0.1) is 0 Å². The van der Waals surface area contributed by atoms with E-state index in [1.807, 2.05) is 7.05 Å². The SMILES string of the molecule is CNCc1cc(N2CCOCC2(C)C)nc(C(C)(C)C)c1. The predicted octanol–water partition coefficient (Wildman–Crippen LogP) is 2.71. The second-order valence-electron chi connectivity index (χ2n) is 7.52. The fourth-order valence-electron chi connectivity index (χ4n) is 2.68. The standard InChI is InChI=1S/C17H29N3O/c1-16(2,3)14-9-13(11-18-6)10-15(19-14)20-7-8-21-12-17(20,4)5/h9-10,18H,7-8,11-12H2,1-6H3. The molecule has 0 aliphatic carbocycles. The topological polar surface area (TPSA) is 37.4 Å². The molecule has 4 nitrogen and oxygen atoms in total. The van der Waals surface area contributed by atoms with Crippen LogP contribution in [-0.4, -0.2) is 37.3 Å². The second kappa shape index (κ2) is 5.93. The van der Waals surface area contributed by atoms with Crippen molar-refractivity contribution in [1.29, 1.82) is 0 Å². The molecule has 118 valence electrons. The Morgan fingerprint density at radius 2 is 2.05 bits per heavy atom. The molecule has 0 aromatic carbocycles. The van der Waals surface area contributed by atoms with Crippen LogP contribution in [0.5, 0.6) is 0 Å². The summed E-state index contributed by atoms with van der Waals surface area (Å²) in [7, 11) is 1.98. The van der Waals surface area contributed by atoms with Gasteiger partial charge in [-0.1, -0.05) is 20.8 Å². The van der Waals surface area contributed by atoms with Crippen LogP contribution in [0.15, 0.2) is 12.1 Å². The largest absolute Gasteiger partial charge is 0.377 e. The highest BCUT2D eigenvalue weighted by atomic mass is 16.5. The van der Waals surface area contributed by atoms with Crippen molar-refractivity contribution < 1.29 is 4.74 Å². The average Bonchev–Trinajstić information content (AvgIpc) is 2.37. The number of nitrogens with zero attached hydrogens (tertiary/aromatic N) is 2. The molecule has 1 saturated heterocycles. The van der Waals surface area contributed by atoms with Crippen molar-refractivity contribution in [3.05, 3.63) is 23.4 Å². The number of hydrogen-bond donors (Lipinski definition) is 1. The Morgan fingerprint density at radius 3 is 2.62 bits per heavy atom. The van der Waals surface area contributed by atoms with E-state index in [4.69, 9.17) is 9.72 Å². The molecule has 1 aliphatic heterocycles. The van der Waals surface area contributed by atoms with E-state index in [9.17, 15) is 0 Å². The van der Waals surface area contributed by atoms with Gasteiger partial charge >= 0.3 is 0 Å². The molecule has 4 heteroatoms. The third-order valence-corrected chi connectivity index (χ3v) is 3.94. The lowest BCUT2D eigenvalue weighted by molar-refractivity contribution is 0.0638. The Bertz CT molecular complexity index is 491. The Morgan fingerprint density at radius 1 is 1.33 bits per heavy atom. The summed E-state index contributed by atoms with van der Waals surface area (Å²) in [5.41, 5.74) is 2.47. The van der Waals surface area contributed by atoms with Crippen molar-refractivity contribution in [2.45, 2.75) is 52.1 Å². The monoisotopic (exact) mass is 291 g/mol. The Balaban J connectivity index is 2.44. The first-order valence-electron chi connectivity index (χ1n) is 7.75. The summed E-state index contributed by atoms with van der Waals surface area (Å²) >= 11 is 0. The molecule has 0 bridgehead atoms. The summed E-state index contributed by atoms with van der Waals surface area (Å²) in [5.74, 6) is 1.07. The molecule has 2 rings (SSSR count).